The first-order chi connectivity index (χ1) is 7.85. The first-order valence-corrected chi connectivity index (χ1v) is 8.24. The molecule has 0 bridgehead atoms. The number of unbranched alkanes of at least 4 members (excludes halogenated alkanes) is 4. The van der Waals surface area contributed by atoms with E-state index in [-0.39, 0.29) is 0 Å². The van der Waals surface area contributed by atoms with Crippen molar-refractivity contribution < 1.29 is 9.05 Å². The zero-order chi connectivity index (χ0) is 12.1. The molecule has 0 radical (unpaired) electrons. The topological polar surface area (TPSA) is 18.5 Å². The smallest absolute Gasteiger partial charge is 0.170 e. The largest absolute Gasteiger partial charge is 0.334 e. The predicted molar refractivity (Wildman–Crippen MR) is 73.0 cm³/mol. The van der Waals surface area contributed by atoms with Gasteiger partial charge in [-0.15, -0.1) is 0 Å². The van der Waals surface area contributed by atoms with E-state index in [0.717, 1.165) is 32.2 Å². The second kappa shape index (κ2) is 13.4. The standard InChI is InChI=1S/C13H29O2P/c1-4-7-10-13-16(14-11-8-5-2)15-12-9-6-3/h4-13H2,1-3H3. The van der Waals surface area contributed by atoms with E-state index in [0.29, 0.717) is 0 Å². The maximum atomic E-state index is 5.82. The molecule has 0 aliphatic carbocycles. The van der Waals surface area contributed by atoms with Crippen molar-refractivity contribution in [2.24, 2.45) is 0 Å². The fourth-order valence-electron chi connectivity index (χ4n) is 1.28. The van der Waals surface area contributed by atoms with Gasteiger partial charge in [0, 0.05) is 6.16 Å². The van der Waals surface area contributed by atoms with Crippen LogP contribution in [-0.4, -0.2) is 19.4 Å². The summed E-state index contributed by atoms with van der Waals surface area (Å²) < 4.78 is 11.6. The molecular formula is C13H29O2P. The molecule has 3 heteroatoms. The average Bonchev–Trinajstić information content (AvgIpc) is 2.29. The molecule has 0 fully saturated rings. The molecule has 0 spiro atoms. The minimum atomic E-state index is -0.595. The van der Waals surface area contributed by atoms with Crippen LogP contribution in [-0.2, 0) is 9.05 Å². The van der Waals surface area contributed by atoms with Gasteiger partial charge in [0.05, 0.1) is 13.2 Å². The van der Waals surface area contributed by atoms with Crippen LogP contribution in [0.25, 0.3) is 0 Å². The Morgan fingerprint density at radius 1 is 0.688 bits per heavy atom. The highest BCUT2D eigenvalue weighted by Gasteiger charge is 2.09. The zero-order valence-electron chi connectivity index (χ0n) is 11.3. The molecule has 0 unspecified atom stereocenters. The molecule has 0 aromatic carbocycles. The van der Waals surface area contributed by atoms with Crippen molar-refractivity contribution in [3.05, 3.63) is 0 Å². The molecule has 0 amide bonds. The molecule has 0 saturated carbocycles. The van der Waals surface area contributed by atoms with Gasteiger partial charge in [-0.1, -0.05) is 46.5 Å². The molecule has 0 rings (SSSR count). The summed E-state index contributed by atoms with van der Waals surface area (Å²) in [6.45, 7) is 8.38. The molecule has 0 heterocycles. The quantitative estimate of drug-likeness (QED) is 0.352. The van der Waals surface area contributed by atoms with Gasteiger partial charge in [-0.2, -0.15) is 0 Å². The number of hydrogen-bond acceptors (Lipinski definition) is 2. The van der Waals surface area contributed by atoms with Gasteiger partial charge in [0.2, 0.25) is 0 Å². The number of hydrogen-bond donors (Lipinski definition) is 0. The van der Waals surface area contributed by atoms with E-state index in [4.69, 9.17) is 9.05 Å². The van der Waals surface area contributed by atoms with Crippen molar-refractivity contribution in [2.45, 2.75) is 65.7 Å². The van der Waals surface area contributed by atoms with E-state index in [2.05, 4.69) is 20.8 Å². The Kier molecular flexibility index (Phi) is 13.7. The van der Waals surface area contributed by atoms with Crippen LogP contribution < -0.4 is 0 Å². The highest BCUT2D eigenvalue weighted by Crippen LogP contribution is 2.39. The van der Waals surface area contributed by atoms with E-state index < -0.39 is 8.38 Å². The molecular weight excluding hydrogens is 219 g/mol. The van der Waals surface area contributed by atoms with Gasteiger partial charge in [-0.3, -0.25) is 0 Å². The summed E-state index contributed by atoms with van der Waals surface area (Å²) in [4.78, 5) is 0. The summed E-state index contributed by atoms with van der Waals surface area (Å²) in [6, 6.07) is 0. The lowest BCUT2D eigenvalue weighted by atomic mass is 10.3. The highest BCUT2D eigenvalue weighted by atomic mass is 31.2. The van der Waals surface area contributed by atoms with Crippen LogP contribution in [0.2, 0.25) is 0 Å². The van der Waals surface area contributed by atoms with Crippen molar-refractivity contribution in [1.82, 2.24) is 0 Å². The summed E-state index contributed by atoms with van der Waals surface area (Å²) in [5, 5.41) is 0. The van der Waals surface area contributed by atoms with Crippen LogP contribution >= 0.6 is 8.38 Å². The summed E-state index contributed by atoms with van der Waals surface area (Å²) in [5.74, 6) is 0. The van der Waals surface area contributed by atoms with E-state index in [1.54, 1.807) is 0 Å². The molecule has 0 atom stereocenters. The van der Waals surface area contributed by atoms with Crippen molar-refractivity contribution >= 4 is 8.38 Å². The molecule has 2 nitrogen and oxygen atoms in total. The van der Waals surface area contributed by atoms with Gasteiger partial charge in [0.1, 0.15) is 0 Å². The van der Waals surface area contributed by atoms with E-state index in [1.165, 1.54) is 32.1 Å². The van der Waals surface area contributed by atoms with Crippen molar-refractivity contribution in [1.29, 1.82) is 0 Å². The molecule has 0 aliphatic rings. The van der Waals surface area contributed by atoms with Gasteiger partial charge in [0.15, 0.2) is 8.38 Å². The van der Waals surface area contributed by atoms with Crippen molar-refractivity contribution in [3.8, 4) is 0 Å². The SMILES string of the molecule is CCCCCP(OCCCC)OCCCC. The lowest BCUT2D eigenvalue weighted by Crippen LogP contribution is -1.98. The monoisotopic (exact) mass is 248 g/mol. The number of rotatable bonds is 12. The Balaban J connectivity index is 3.58. The Labute approximate surface area is 103 Å². The fraction of sp³-hybridized carbons (Fsp3) is 1.00. The molecule has 0 aliphatic heterocycles. The van der Waals surface area contributed by atoms with Gasteiger partial charge < -0.3 is 9.05 Å². The van der Waals surface area contributed by atoms with Crippen LogP contribution in [0.1, 0.15) is 65.7 Å². The van der Waals surface area contributed by atoms with Crippen LogP contribution in [0, 0.1) is 0 Å². The fourth-order valence-corrected chi connectivity index (χ4v) is 2.76. The van der Waals surface area contributed by atoms with Crippen LogP contribution in [0.15, 0.2) is 0 Å². The van der Waals surface area contributed by atoms with Crippen molar-refractivity contribution in [3.63, 3.8) is 0 Å². The highest BCUT2D eigenvalue weighted by molar-refractivity contribution is 7.47. The van der Waals surface area contributed by atoms with Crippen LogP contribution in [0.5, 0.6) is 0 Å². The summed E-state index contributed by atoms with van der Waals surface area (Å²) in [5.41, 5.74) is 0. The first kappa shape index (κ1) is 16.4. The second-order valence-electron chi connectivity index (χ2n) is 4.14. The Hall–Kier alpha value is 0.350. The van der Waals surface area contributed by atoms with Gasteiger partial charge in [0.25, 0.3) is 0 Å². The third-order valence-corrected chi connectivity index (χ3v) is 4.03. The Morgan fingerprint density at radius 2 is 1.19 bits per heavy atom. The molecule has 98 valence electrons. The third-order valence-electron chi connectivity index (χ3n) is 2.41. The minimum Gasteiger partial charge on any atom is -0.334 e. The Morgan fingerprint density at radius 3 is 1.62 bits per heavy atom. The lowest BCUT2D eigenvalue weighted by Gasteiger charge is -2.17. The van der Waals surface area contributed by atoms with Gasteiger partial charge in [-0.25, -0.2) is 0 Å². The van der Waals surface area contributed by atoms with Crippen molar-refractivity contribution in [2.75, 3.05) is 19.4 Å². The minimum absolute atomic E-state index is 0.595. The van der Waals surface area contributed by atoms with Crippen LogP contribution in [0.4, 0.5) is 0 Å². The predicted octanol–water partition coefficient (Wildman–Crippen LogP) is 5.12. The van der Waals surface area contributed by atoms with Crippen LogP contribution in [0.3, 0.4) is 0 Å². The first-order valence-electron chi connectivity index (χ1n) is 6.88. The summed E-state index contributed by atoms with van der Waals surface area (Å²) in [6.07, 6.45) is 9.66. The van der Waals surface area contributed by atoms with E-state index >= 15 is 0 Å². The molecule has 0 saturated heterocycles. The molecule has 0 aromatic heterocycles. The zero-order valence-corrected chi connectivity index (χ0v) is 12.2. The summed E-state index contributed by atoms with van der Waals surface area (Å²) >= 11 is 0. The lowest BCUT2D eigenvalue weighted by molar-refractivity contribution is 0.242. The third kappa shape index (κ3) is 10.9. The second-order valence-corrected chi connectivity index (χ2v) is 5.77. The van der Waals surface area contributed by atoms with Gasteiger partial charge >= 0.3 is 0 Å². The van der Waals surface area contributed by atoms with E-state index in [9.17, 15) is 0 Å². The maximum Gasteiger partial charge on any atom is 0.170 e. The Bertz CT molecular complexity index is 107. The average molecular weight is 248 g/mol. The molecule has 0 aromatic rings. The normalized spacial score (nSPS) is 11.2. The maximum absolute atomic E-state index is 5.82. The molecule has 16 heavy (non-hydrogen) atoms. The molecule has 0 N–H and O–H groups in total. The summed E-state index contributed by atoms with van der Waals surface area (Å²) in [7, 11) is -0.595. The van der Waals surface area contributed by atoms with Gasteiger partial charge in [-0.05, 0) is 19.3 Å². The van der Waals surface area contributed by atoms with E-state index in [1.807, 2.05) is 0 Å².